The summed E-state index contributed by atoms with van der Waals surface area (Å²) in [6, 6.07) is 0. The lowest BCUT2D eigenvalue weighted by molar-refractivity contribution is 0.696. The van der Waals surface area contributed by atoms with Crippen LogP contribution in [-0.4, -0.2) is 14.0 Å². The highest BCUT2D eigenvalue weighted by molar-refractivity contribution is 8.49. The van der Waals surface area contributed by atoms with Crippen molar-refractivity contribution >= 4 is 39.3 Å². The molecule has 3 heteroatoms. The Hall–Kier alpha value is 0.530. The van der Waals surface area contributed by atoms with E-state index in [-0.39, 0.29) is 0 Å². The molecular weight excluding hydrogens is 192 g/mol. The molecule has 0 radical (unpaired) electrons. The lowest BCUT2D eigenvalue weighted by Crippen LogP contribution is -2.19. The van der Waals surface area contributed by atoms with Gasteiger partial charge in [0, 0.05) is 10.5 Å². The van der Waals surface area contributed by atoms with Gasteiger partial charge in [-0.25, -0.2) is 0 Å². The maximum absolute atomic E-state index is 5.21. The van der Waals surface area contributed by atoms with Crippen LogP contribution in [0.1, 0.15) is 6.42 Å². The van der Waals surface area contributed by atoms with Gasteiger partial charge in [0.05, 0.1) is 0 Å². The minimum atomic E-state index is 0.836. The molecule has 4 atom stereocenters. The number of thioether (sulfide) groups is 2. The summed E-state index contributed by atoms with van der Waals surface area (Å²) in [6.07, 6.45) is 6.19. The van der Waals surface area contributed by atoms with Gasteiger partial charge in [0.15, 0.2) is 0 Å². The van der Waals surface area contributed by atoms with Crippen LogP contribution < -0.4 is 0 Å². The fourth-order valence-corrected chi connectivity index (χ4v) is 6.05. The van der Waals surface area contributed by atoms with E-state index in [9.17, 15) is 0 Å². The van der Waals surface area contributed by atoms with Gasteiger partial charge in [0.25, 0.3) is 0 Å². The molecule has 1 saturated heterocycles. The van der Waals surface area contributed by atoms with Crippen LogP contribution in [0.5, 0.6) is 0 Å². The summed E-state index contributed by atoms with van der Waals surface area (Å²) in [5.74, 6) is 1.70. The predicted molar refractivity (Wildman–Crippen MR) is 56.1 cm³/mol. The molecule has 4 unspecified atom stereocenters. The molecule has 11 heavy (non-hydrogen) atoms. The Balaban J connectivity index is 1.97. The van der Waals surface area contributed by atoms with Gasteiger partial charge in [-0.1, -0.05) is 24.4 Å². The summed E-state index contributed by atoms with van der Waals surface area (Å²) >= 11 is 9.09. The van der Waals surface area contributed by atoms with E-state index < -0.39 is 0 Å². The molecule has 3 aliphatic rings. The summed E-state index contributed by atoms with van der Waals surface area (Å²) in [5.41, 5.74) is 0. The van der Waals surface area contributed by atoms with E-state index in [0.29, 0.717) is 0 Å². The molecule has 0 aromatic heterocycles. The summed E-state index contributed by atoms with van der Waals surface area (Å²) in [4.78, 5) is 0. The Labute approximate surface area is 80.2 Å². The van der Waals surface area contributed by atoms with Gasteiger partial charge in [-0.15, -0.1) is 23.5 Å². The number of rotatable bonds is 0. The molecule has 58 valence electrons. The average molecular weight is 200 g/mol. The first-order chi connectivity index (χ1) is 5.34. The second kappa shape index (κ2) is 2.27. The lowest BCUT2D eigenvalue weighted by Gasteiger charge is -2.16. The molecule has 1 aliphatic heterocycles. The van der Waals surface area contributed by atoms with Gasteiger partial charge >= 0.3 is 0 Å². The highest BCUT2D eigenvalue weighted by Gasteiger charge is 2.49. The minimum absolute atomic E-state index is 0.836. The first-order valence-electron chi connectivity index (χ1n) is 3.90. The molecular formula is C8H8S3. The third-order valence-electron chi connectivity index (χ3n) is 2.78. The van der Waals surface area contributed by atoms with Gasteiger partial charge in [-0.05, 0) is 18.3 Å². The first kappa shape index (κ1) is 6.98. The van der Waals surface area contributed by atoms with Crippen molar-refractivity contribution in [3.63, 3.8) is 0 Å². The molecule has 3 rings (SSSR count). The fraction of sp³-hybridized carbons (Fsp3) is 0.625. The second-order valence-corrected chi connectivity index (χ2v) is 6.92. The maximum Gasteiger partial charge on any atom is 0.104 e. The van der Waals surface area contributed by atoms with E-state index in [1.807, 2.05) is 23.5 Å². The summed E-state index contributed by atoms with van der Waals surface area (Å²) < 4.78 is 1.18. The average Bonchev–Trinajstić information content (AvgIpc) is 2.53. The summed E-state index contributed by atoms with van der Waals surface area (Å²) in [6.45, 7) is 0. The van der Waals surface area contributed by atoms with E-state index in [1.165, 1.54) is 9.95 Å². The third-order valence-corrected chi connectivity index (χ3v) is 6.32. The van der Waals surface area contributed by atoms with E-state index in [4.69, 9.17) is 12.2 Å². The first-order valence-corrected chi connectivity index (χ1v) is 6.07. The molecule has 0 spiro atoms. The maximum atomic E-state index is 5.21. The zero-order valence-electron chi connectivity index (χ0n) is 5.90. The van der Waals surface area contributed by atoms with E-state index in [1.54, 1.807) is 0 Å². The van der Waals surface area contributed by atoms with Crippen LogP contribution >= 0.6 is 35.7 Å². The largest absolute Gasteiger partial charge is 0.104 e. The van der Waals surface area contributed by atoms with E-state index >= 15 is 0 Å². The summed E-state index contributed by atoms with van der Waals surface area (Å²) in [7, 11) is 0. The van der Waals surface area contributed by atoms with Crippen molar-refractivity contribution < 1.29 is 0 Å². The fourth-order valence-electron chi connectivity index (χ4n) is 2.29. The molecule has 2 bridgehead atoms. The Morgan fingerprint density at radius 2 is 1.73 bits per heavy atom. The van der Waals surface area contributed by atoms with Crippen molar-refractivity contribution in [2.24, 2.45) is 11.8 Å². The van der Waals surface area contributed by atoms with Crippen molar-refractivity contribution in [2.45, 2.75) is 16.9 Å². The van der Waals surface area contributed by atoms with Crippen LogP contribution in [0.15, 0.2) is 12.2 Å². The zero-order chi connectivity index (χ0) is 7.42. The number of hydrogen-bond donors (Lipinski definition) is 0. The summed E-state index contributed by atoms with van der Waals surface area (Å²) in [5, 5.41) is 1.67. The van der Waals surface area contributed by atoms with Crippen molar-refractivity contribution in [3.8, 4) is 0 Å². The molecule has 2 fully saturated rings. The molecule has 1 heterocycles. The van der Waals surface area contributed by atoms with Crippen LogP contribution in [-0.2, 0) is 0 Å². The molecule has 0 aromatic carbocycles. The van der Waals surface area contributed by atoms with Crippen molar-refractivity contribution in [1.82, 2.24) is 0 Å². The van der Waals surface area contributed by atoms with Gasteiger partial charge in [-0.2, -0.15) is 0 Å². The lowest BCUT2D eigenvalue weighted by atomic mass is 10.1. The van der Waals surface area contributed by atoms with Gasteiger partial charge in [0.1, 0.15) is 3.53 Å². The Kier molecular flexibility index (Phi) is 1.44. The number of thiocarbonyl (C=S) groups is 1. The molecule has 0 nitrogen and oxygen atoms in total. The highest BCUT2D eigenvalue weighted by Crippen LogP contribution is 2.56. The quantitative estimate of drug-likeness (QED) is 0.436. The van der Waals surface area contributed by atoms with Gasteiger partial charge in [-0.3, -0.25) is 0 Å². The van der Waals surface area contributed by atoms with E-state index in [2.05, 4.69) is 12.2 Å². The number of allylic oxidation sites excluding steroid dienone is 2. The molecule has 0 amide bonds. The van der Waals surface area contributed by atoms with Crippen LogP contribution in [0.25, 0.3) is 0 Å². The van der Waals surface area contributed by atoms with Gasteiger partial charge in [0.2, 0.25) is 0 Å². The second-order valence-electron chi connectivity index (χ2n) is 3.36. The number of hydrogen-bond acceptors (Lipinski definition) is 3. The number of fused-ring (bicyclic) bond motifs is 5. The normalized spacial score (nSPS) is 52.2. The van der Waals surface area contributed by atoms with E-state index in [0.717, 1.165) is 22.3 Å². The topological polar surface area (TPSA) is 0 Å². The van der Waals surface area contributed by atoms with Gasteiger partial charge < -0.3 is 0 Å². The smallest absolute Gasteiger partial charge is 0.103 e. The minimum Gasteiger partial charge on any atom is -0.103 e. The molecule has 0 N–H and O–H groups in total. The third kappa shape index (κ3) is 0.879. The molecule has 2 aliphatic carbocycles. The van der Waals surface area contributed by atoms with Crippen LogP contribution in [0.2, 0.25) is 0 Å². The molecule has 0 aromatic rings. The van der Waals surface area contributed by atoms with Crippen molar-refractivity contribution in [1.29, 1.82) is 0 Å². The van der Waals surface area contributed by atoms with Crippen LogP contribution in [0.4, 0.5) is 0 Å². The SMILES string of the molecule is S=C1SC2C3C=CC(C3)C2S1. The van der Waals surface area contributed by atoms with Crippen molar-refractivity contribution in [2.75, 3.05) is 0 Å². The Morgan fingerprint density at radius 3 is 2.27 bits per heavy atom. The van der Waals surface area contributed by atoms with Crippen LogP contribution in [0, 0.1) is 11.8 Å². The monoisotopic (exact) mass is 200 g/mol. The Morgan fingerprint density at radius 1 is 1.18 bits per heavy atom. The Bertz CT molecular complexity index is 224. The standard InChI is InChI=1S/C8H8S3/c9-8-10-6-4-1-2-5(3-4)7(6)11-8/h1-2,4-7H,3H2. The predicted octanol–water partition coefficient (Wildman–Crippen LogP) is 2.69. The zero-order valence-corrected chi connectivity index (χ0v) is 8.35. The van der Waals surface area contributed by atoms with Crippen molar-refractivity contribution in [3.05, 3.63) is 12.2 Å². The van der Waals surface area contributed by atoms with Crippen LogP contribution in [0.3, 0.4) is 0 Å². The molecule has 1 saturated carbocycles. The highest BCUT2D eigenvalue weighted by atomic mass is 32.2.